The second-order valence-corrected chi connectivity index (χ2v) is 8.08. The largest absolute Gasteiger partial charge is 0.495 e. The molecule has 0 amide bonds. The van der Waals surface area contributed by atoms with Gasteiger partial charge in [0.1, 0.15) is 5.75 Å². The Kier molecular flexibility index (Phi) is 5.84. The number of hydrogen-bond donors (Lipinski definition) is 2. The second-order valence-electron chi connectivity index (χ2n) is 5.91. The van der Waals surface area contributed by atoms with Crippen LogP contribution in [-0.4, -0.2) is 27.1 Å². The number of fused-ring (bicyclic) bond motifs is 1. The van der Waals surface area contributed by atoms with E-state index in [-0.39, 0.29) is 4.90 Å². The molecule has 0 spiro atoms. The molecule has 2 N–H and O–H groups in total. The molecule has 0 saturated carbocycles. The first-order chi connectivity index (χ1) is 12.9. The molecule has 0 aliphatic heterocycles. The third-order valence-electron chi connectivity index (χ3n) is 4.00. The Labute approximate surface area is 163 Å². The maximum absolute atomic E-state index is 12.4. The predicted molar refractivity (Wildman–Crippen MR) is 109 cm³/mol. The standard InChI is InChI=1S/C19H20ClN3O3S/c1-3-9-22-27(24,25)14-5-7-17-15(12-14)18(8-10-21-17)23-13-4-6-16(20)19(11-13)26-2/h4-8,10-12,22H,3,9H2,1-2H3,(H,21,23). The van der Waals surface area contributed by atoms with E-state index in [1.165, 1.54) is 0 Å². The lowest BCUT2D eigenvalue weighted by molar-refractivity contribution is 0.415. The lowest BCUT2D eigenvalue weighted by atomic mass is 10.2. The van der Waals surface area contributed by atoms with Gasteiger partial charge < -0.3 is 10.1 Å². The van der Waals surface area contributed by atoms with E-state index in [1.807, 2.05) is 13.0 Å². The first kappa shape index (κ1) is 19.4. The van der Waals surface area contributed by atoms with Crippen molar-refractivity contribution in [2.75, 3.05) is 19.0 Å². The average molecular weight is 406 g/mol. The van der Waals surface area contributed by atoms with Crippen LogP contribution in [0.25, 0.3) is 10.9 Å². The number of aromatic nitrogens is 1. The van der Waals surface area contributed by atoms with Crippen molar-refractivity contribution in [2.45, 2.75) is 18.2 Å². The van der Waals surface area contributed by atoms with Gasteiger partial charge in [0.15, 0.2) is 0 Å². The number of nitrogens with zero attached hydrogens (tertiary/aromatic N) is 1. The van der Waals surface area contributed by atoms with Crippen molar-refractivity contribution in [3.8, 4) is 5.75 Å². The minimum Gasteiger partial charge on any atom is -0.495 e. The van der Waals surface area contributed by atoms with Crippen LogP contribution in [0.15, 0.2) is 53.6 Å². The zero-order valence-electron chi connectivity index (χ0n) is 15.0. The van der Waals surface area contributed by atoms with Crippen molar-refractivity contribution >= 4 is 43.9 Å². The molecule has 0 unspecified atom stereocenters. The topological polar surface area (TPSA) is 80.3 Å². The fourth-order valence-corrected chi connectivity index (χ4v) is 3.97. The monoisotopic (exact) mass is 405 g/mol. The van der Waals surface area contributed by atoms with Gasteiger partial charge in [-0.2, -0.15) is 0 Å². The molecule has 27 heavy (non-hydrogen) atoms. The lowest BCUT2D eigenvalue weighted by Crippen LogP contribution is -2.24. The molecule has 3 aromatic rings. The molecule has 0 radical (unpaired) electrons. The van der Waals surface area contributed by atoms with E-state index in [0.29, 0.717) is 28.2 Å². The van der Waals surface area contributed by atoms with E-state index < -0.39 is 10.0 Å². The molecule has 8 heteroatoms. The number of halogens is 1. The van der Waals surface area contributed by atoms with Gasteiger partial charge in [-0.05, 0) is 42.8 Å². The summed E-state index contributed by atoms with van der Waals surface area (Å²) in [5, 5.41) is 4.49. The highest BCUT2D eigenvalue weighted by Gasteiger charge is 2.15. The quantitative estimate of drug-likeness (QED) is 0.611. The highest BCUT2D eigenvalue weighted by Crippen LogP contribution is 2.31. The Morgan fingerprint density at radius 1 is 1.15 bits per heavy atom. The minimum absolute atomic E-state index is 0.202. The predicted octanol–water partition coefficient (Wildman–Crippen LogP) is 4.33. The number of ether oxygens (including phenoxy) is 1. The van der Waals surface area contributed by atoms with Gasteiger partial charge in [0.05, 0.1) is 22.5 Å². The van der Waals surface area contributed by atoms with Crippen molar-refractivity contribution in [1.29, 1.82) is 0 Å². The van der Waals surface area contributed by atoms with Gasteiger partial charge in [-0.25, -0.2) is 13.1 Å². The molecule has 3 rings (SSSR count). The molecule has 0 saturated heterocycles. The summed E-state index contributed by atoms with van der Waals surface area (Å²) >= 11 is 6.07. The summed E-state index contributed by atoms with van der Waals surface area (Å²) in [5.41, 5.74) is 2.19. The third-order valence-corrected chi connectivity index (χ3v) is 5.77. The van der Waals surface area contributed by atoms with Crippen LogP contribution in [0.4, 0.5) is 11.4 Å². The molecule has 2 aromatic carbocycles. The number of hydrogen-bond acceptors (Lipinski definition) is 5. The number of pyridine rings is 1. The normalized spacial score (nSPS) is 11.5. The summed E-state index contributed by atoms with van der Waals surface area (Å²) in [6.45, 7) is 2.30. The lowest BCUT2D eigenvalue weighted by Gasteiger charge is -2.12. The Morgan fingerprint density at radius 3 is 2.70 bits per heavy atom. The van der Waals surface area contributed by atoms with Gasteiger partial charge in [-0.3, -0.25) is 4.98 Å². The summed E-state index contributed by atoms with van der Waals surface area (Å²) in [6, 6.07) is 12.0. The number of sulfonamides is 1. The van der Waals surface area contributed by atoms with Crippen molar-refractivity contribution in [3.05, 3.63) is 53.7 Å². The van der Waals surface area contributed by atoms with Gasteiger partial charge in [0, 0.05) is 35.6 Å². The summed E-state index contributed by atoms with van der Waals surface area (Å²) in [5.74, 6) is 0.548. The van der Waals surface area contributed by atoms with Crippen LogP contribution < -0.4 is 14.8 Å². The zero-order valence-corrected chi connectivity index (χ0v) is 16.6. The summed E-state index contributed by atoms with van der Waals surface area (Å²) in [6.07, 6.45) is 2.39. The second kappa shape index (κ2) is 8.12. The molecular formula is C19H20ClN3O3S. The van der Waals surface area contributed by atoms with E-state index in [1.54, 1.807) is 49.7 Å². The van der Waals surface area contributed by atoms with Crippen LogP contribution in [0.5, 0.6) is 5.75 Å². The van der Waals surface area contributed by atoms with Crippen LogP contribution in [0.1, 0.15) is 13.3 Å². The van der Waals surface area contributed by atoms with Crippen molar-refractivity contribution in [2.24, 2.45) is 0 Å². The van der Waals surface area contributed by atoms with Crippen molar-refractivity contribution in [3.63, 3.8) is 0 Å². The number of benzene rings is 2. The number of rotatable bonds is 7. The highest BCUT2D eigenvalue weighted by molar-refractivity contribution is 7.89. The molecule has 0 aliphatic carbocycles. The maximum Gasteiger partial charge on any atom is 0.240 e. The number of nitrogens with one attached hydrogen (secondary N) is 2. The first-order valence-electron chi connectivity index (χ1n) is 8.43. The minimum atomic E-state index is -3.56. The first-order valence-corrected chi connectivity index (χ1v) is 10.3. The summed E-state index contributed by atoms with van der Waals surface area (Å²) < 4.78 is 32.7. The molecule has 6 nitrogen and oxygen atoms in total. The van der Waals surface area contributed by atoms with Crippen molar-refractivity contribution in [1.82, 2.24) is 9.71 Å². The SMILES string of the molecule is CCCNS(=O)(=O)c1ccc2nccc(Nc3ccc(Cl)c(OC)c3)c2c1. The number of methoxy groups -OCH3 is 1. The molecule has 0 aliphatic rings. The van der Waals surface area contributed by atoms with Crippen LogP contribution in [0, 0.1) is 0 Å². The zero-order chi connectivity index (χ0) is 19.4. The molecule has 1 aromatic heterocycles. The van der Waals surface area contributed by atoms with Gasteiger partial charge in [0.2, 0.25) is 10.0 Å². The highest BCUT2D eigenvalue weighted by atomic mass is 35.5. The van der Waals surface area contributed by atoms with Gasteiger partial charge in [-0.1, -0.05) is 18.5 Å². The maximum atomic E-state index is 12.4. The summed E-state index contributed by atoms with van der Waals surface area (Å²) in [7, 11) is -2.01. The van der Waals surface area contributed by atoms with Crippen LogP contribution in [0.3, 0.4) is 0 Å². The molecule has 142 valence electrons. The van der Waals surface area contributed by atoms with Gasteiger partial charge >= 0.3 is 0 Å². The van der Waals surface area contributed by atoms with E-state index in [4.69, 9.17) is 16.3 Å². The van der Waals surface area contributed by atoms with E-state index in [9.17, 15) is 8.42 Å². The summed E-state index contributed by atoms with van der Waals surface area (Å²) in [4.78, 5) is 4.52. The van der Waals surface area contributed by atoms with Crippen molar-refractivity contribution < 1.29 is 13.2 Å². The fraction of sp³-hybridized carbons (Fsp3) is 0.211. The fourth-order valence-electron chi connectivity index (χ4n) is 2.61. The number of anilines is 2. The molecule has 0 bridgehead atoms. The Balaban J connectivity index is 2.02. The van der Waals surface area contributed by atoms with Crippen LogP contribution >= 0.6 is 11.6 Å². The molecule has 1 heterocycles. The molecular weight excluding hydrogens is 386 g/mol. The average Bonchev–Trinajstić information content (AvgIpc) is 2.67. The Bertz CT molecular complexity index is 1070. The Morgan fingerprint density at radius 2 is 1.96 bits per heavy atom. The van der Waals surface area contributed by atoms with Crippen LogP contribution in [-0.2, 0) is 10.0 Å². The molecule has 0 fully saturated rings. The molecule has 0 atom stereocenters. The van der Waals surface area contributed by atoms with E-state index in [2.05, 4.69) is 15.0 Å². The third kappa shape index (κ3) is 4.32. The van der Waals surface area contributed by atoms with E-state index in [0.717, 1.165) is 17.8 Å². The van der Waals surface area contributed by atoms with Gasteiger partial charge in [-0.15, -0.1) is 0 Å². The van der Waals surface area contributed by atoms with Crippen LogP contribution in [0.2, 0.25) is 5.02 Å². The van der Waals surface area contributed by atoms with E-state index >= 15 is 0 Å². The Hall–Kier alpha value is -2.35. The smallest absolute Gasteiger partial charge is 0.240 e. The van der Waals surface area contributed by atoms with Gasteiger partial charge in [0.25, 0.3) is 0 Å².